The molecule has 4 heteroatoms. The Kier molecular flexibility index (Phi) is 8.81. The van der Waals surface area contributed by atoms with Gasteiger partial charge < -0.3 is 20.7 Å². The first kappa shape index (κ1) is 11.8. The van der Waals surface area contributed by atoms with Crippen LogP contribution in [0.3, 0.4) is 0 Å². The first-order valence-corrected chi connectivity index (χ1v) is 4.34. The van der Waals surface area contributed by atoms with E-state index < -0.39 is 0 Å². The molecule has 0 heterocycles. The van der Waals surface area contributed by atoms with Crippen molar-refractivity contribution < 1.29 is 14.9 Å². The highest BCUT2D eigenvalue weighted by Gasteiger charge is 2.04. The predicted molar refractivity (Wildman–Crippen MR) is 46.8 cm³/mol. The molecule has 0 spiro atoms. The second-order valence-electron chi connectivity index (χ2n) is 2.77. The van der Waals surface area contributed by atoms with Crippen molar-refractivity contribution in [2.45, 2.75) is 12.8 Å². The Bertz CT molecular complexity index is 86.4. The van der Waals surface area contributed by atoms with Crippen molar-refractivity contribution in [3.8, 4) is 0 Å². The topological polar surface area (TPSA) is 75.7 Å². The van der Waals surface area contributed by atoms with Crippen LogP contribution < -0.4 is 5.73 Å². The molecule has 0 saturated carbocycles. The van der Waals surface area contributed by atoms with Crippen LogP contribution in [0.1, 0.15) is 12.8 Å². The first-order chi connectivity index (χ1) is 5.85. The van der Waals surface area contributed by atoms with Gasteiger partial charge in [-0.2, -0.15) is 0 Å². The van der Waals surface area contributed by atoms with Crippen LogP contribution in [0.15, 0.2) is 0 Å². The zero-order valence-corrected chi connectivity index (χ0v) is 7.41. The van der Waals surface area contributed by atoms with Crippen molar-refractivity contribution in [1.82, 2.24) is 0 Å². The van der Waals surface area contributed by atoms with Gasteiger partial charge in [-0.3, -0.25) is 0 Å². The van der Waals surface area contributed by atoms with Crippen LogP contribution >= 0.6 is 0 Å². The Balaban J connectivity index is 3.06. The lowest BCUT2D eigenvalue weighted by molar-refractivity contribution is 0.110. The van der Waals surface area contributed by atoms with Crippen LogP contribution in [-0.2, 0) is 4.74 Å². The molecule has 0 unspecified atom stereocenters. The smallest absolute Gasteiger partial charge is 0.0588 e. The molecule has 74 valence electrons. The summed E-state index contributed by atoms with van der Waals surface area (Å²) in [6.45, 7) is 1.89. The van der Waals surface area contributed by atoms with Crippen LogP contribution in [0, 0.1) is 5.92 Å². The Morgan fingerprint density at radius 2 is 1.83 bits per heavy atom. The summed E-state index contributed by atoms with van der Waals surface area (Å²) in [5, 5.41) is 17.4. The Hall–Kier alpha value is -0.160. The Labute approximate surface area is 73.3 Å². The Morgan fingerprint density at radius 3 is 2.33 bits per heavy atom. The van der Waals surface area contributed by atoms with E-state index in [2.05, 4.69) is 0 Å². The first-order valence-electron chi connectivity index (χ1n) is 4.34. The van der Waals surface area contributed by atoms with E-state index in [1.165, 1.54) is 0 Å². The molecule has 0 rings (SSSR count). The monoisotopic (exact) mass is 177 g/mol. The van der Waals surface area contributed by atoms with Crippen LogP contribution in [0.2, 0.25) is 0 Å². The zero-order chi connectivity index (χ0) is 9.23. The molecule has 0 bridgehead atoms. The maximum absolute atomic E-state index is 8.71. The standard InChI is InChI=1S/C8H19NO3/c9-3-5-12-4-1-2-8(6-10)7-11/h8,10-11H,1-7,9H2. The van der Waals surface area contributed by atoms with Crippen molar-refractivity contribution in [2.24, 2.45) is 11.7 Å². The van der Waals surface area contributed by atoms with Crippen molar-refractivity contribution in [2.75, 3.05) is 33.0 Å². The van der Waals surface area contributed by atoms with Crippen LogP contribution in [0.5, 0.6) is 0 Å². The molecular formula is C8H19NO3. The van der Waals surface area contributed by atoms with E-state index in [4.69, 9.17) is 20.7 Å². The van der Waals surface area contributed by atoms with Crippen LogP contribution in [-0.4, -0.2) is 43.2 Å². The fraction of sp³-hybridized carbons (Fsp3) is 1.00. The summed E-state index contributed by atoms with van der Waals surface area (Å²) in [6, 6.07) is 0. The Morgan fingerprint density at radius 1 is 1.17 bits per heavy atom. The van der Waals surface area contributed by atoms with Crippen LogP contribution in [0.25, 0.3) is 0 Å². The average molecular weight is 177 g/mol. The van der Waals surface area contributed by atoms with Gasteiger partial charge in [0.25, 0.3) is 0 Å². The highest BCUT2D eigenvalue weighted by molar-refractivity contribution is 4.54. The summed E-state index contributed by atoms with van der Waals surface area (Å²) >= 11 is 0. The number of nitrogens with two attached hydrogens (primary N) is 1. The molecular weight excluding hydrogens is 158 g/mol. The minimum atomic E-state index is 0.00600. The third-order valence-electron chi connectivity index (χ3n) is 1.68. The molecule has 0 aromatic carbocycles. The normalized spacial score (nSPS) is 11.0. The fourth-order valence-corrected chi connectivity index (χ4v) is 0.900. The number of hydrogen-bond acceptors (Lipinski definition) is 4. The molecule has 0 aromatic rings. The number of ether oxygens (including phenoxy) is 1. The van der Waals surface area contributed by atoms with E-state index in [0.717, 1.165) is 12.8 Å². The van der Waals surface area contributed by atoms with Gasteiger partial charge in [-0.1, -0.05) is 0 Å². The van der Waals surface area contributed by atoms with E-state index in [-0.39, 0.29) is 19.1 Å². The lowest BCUT2D eigenvalue weighted by Crippen LogP contribution is -2.13. The van der Waals surface area contributed by atoms with Crippen molar-refractivity contribution in [3.63, 3.8) is 0 Å². The molecule has 0 aliphatic rings. The summed E-state index contributed by atoms with van der Waals surface area (Å²) in [6.07, 6.45) is 1.67. The zero-order valence-electron chi connectivity index (χ0n) is 7.41. The molecule has 4 N–H and O–H groups in total. The van der Waals surface area contributed by atoms with Gasteiger partial charge in [0.05, 0.1) is 6.61 Å². The third-order valence-corrected chi connectivity index (χ3v) is 1.68. The lowest BCUT2D eigenvalue weighted by atomic mass is 10.1. The second kappa shape index (κ2) is 8.93. The molecule has 0 saturated heterocycles. The quantitative estimate of drug-likeness (QED) is 0.430. The van der Waals surface area contributed by atoms with Crippen molar-refractivity contribution in [3.05, 3.63) is 0 Å². The average Bonchev–Trinajstić information content (AvgIpc) is 2.11. The van der Waals surface area contributed by atoms with E-state index in [1.54, 1.807) is 0 Å². The van der Waals surface area contributed by atoms with E-state index >= 15 is 0 Å². The molecule has 0 aromatic heterocycles. The van der Waals surface area contributed by atoms with Gasteiger partial charge in [-0.15, -0.1) is 0 Å². The van der Waals surface area contributed by atoms with Gasteiger partial charge in [-0.05, 0) is 12.8 Å². The van der Waals surface area contributed by atoms with E-state index in [9.17, 15) is 0 Å². The molecule has 12 heavy (non-hydrogen) atoms. The molecule has 0 aliphatic carbocycles. The predicted octanol–water partition coefficient (Wildman–Crippen LogP) is -0.657. The molecule has 0 radical (unpaired) electrons. The highest BCUT2D eigenvalue weighted by Crippen LogP contribution is 2.04. The van der Waals surface area contributed by atoms with Gasteiger partial charge in [-0.25, -0.2) is 0 Å². The largest absolute Gasteiger partial charge is 0.396 e. The van der Waals surface area contributed by atoms with Crippen molar-refractivity contribution >= 4 is 0 Å². The van der Waals surface area contributed by atoms with Gasteiger partial charge in [0.15, 0.2) is 0 Å². The molecule has 0 atom stereocenters. The second-order valence-corrected chi connectivity index (χ2v) is 2.77. The van der Waals surface area contributed by atoms with Gasteiger partial charge in [0.1, 0.15) is 0 Å². The summed E-state index contributed by atoms with van der Waals surface area (Å²) < 4.78 is 5.13. The fourth-order valence-electron chi connectivity index (χ4n) is 0.900. The molecule has 0 amide bonds. The lowest BCUT2D eigenvalue weighted by Gasteiger charge is -2.09. The third kappa shape index (κ3) is 6.54. The molecule has 4 nitrogen and oxygen atoms in total. The van der Waals surface area contributed by atoms with Gasteiger partial charge in [0.2, 0.25) is 0 Å². The maximum Gasteiger partial charge on any atom is 0.0588 e. The summed E-state index contributed by atoms with van der Waals surface area (Å²) in [5.74, 6) is 0.00600. The maximum atomic E-state index is 8.71. The SMILES string of the molecule is NCCOCCCC(CO)CO. The highest BCUT2D eigenvalue weighted by atomic mass is 16.5. The van der Waals surface area contributed by atoms with Gasteiger partial charge in [0, 0.05) is 32.3 Å². The molecule has 0 aliphatic heterocycles. The summed E-state index contributed by atoms with van der Waals surface area (Å²) in [5.41, 5.74) is 5.22. The summed E-state index contributed by atoms with van der Waals surface area (Å²) in [7, 11) is 0. The van der Waals surface area contributed by atoms with Crippen molar-refractivity contribution in [1.29, 1.82) is 0 Å². The number of rotatable bonds is 8. The summed E-state index contributed by atoms with van der Waals surface area (Å²) in [4.78, 5) is 0. The van der Waals surface area contributed by atoms with Crippen LogP contribution in [0.4, 0.5) is 0 Å². The minimum Gasteiger partial charge on any atom is -0.396 e. The number of hydrogen-bond donors (Lipinski definition) is 3. The van der Waals surface area contributed by atoms with E-state index in [1.807, 2.05) is 0 Å². The van der Waals surface area contributed by atoms with Gasteiger partial charge >= 0.3 is 0 Å². The number of aliphatic hydroxyl groups is 2. The number of aliphatic hydroxyl groups excluding tert-OH is 2. The van der Waals surface area contributed by atoms with E-state index in [0.29, 0.717) is 19.8 Å². The minimum absolute atomic E-state index is 0.00600. The molecule has 0 fully saturated rings.